The van der Waals surface area contributed by atoms with Crippen molar-refractivity contribution in [1.82, 2.24) is 20.3 Å². The number of hydrogen-bond acceptors (Lipinski definition) is 4. The maximum absolute atomic E-state index is 5.40. The number of hydrogen-bond donors (Lipinski definition) is 1. The molecule has 0 spiro atoms. The van der Waals surface area contributed by atoms with E-state index >= 15 is 0 Å². The molecule has 3 heterocycles. The largest absolute Gasteiger partial charge is 0.374 e. The summed E-state index contributed by atoms with van der Waals surface area (Å²) in [6, 6.07) is 57.7. The van der Waals surface area contributed by atoms with Gasteiger partial charge in [-0.2, -0.15) is 0 Å². The molecule has 6 aromatic carbocycles. The highest BCUT2D eigenvalue weighted by Crippen LogP contribution is 2.38. The predicted molar refractivity (Wildman–Crippen MR) is 249 cm³/mol. The van der Waals surface area contributed by atoms with E-state index in [0.717, 1.165) is 72.4 Å². The molecule has 4 heteroatoms. The van der Waals surface area contributed by atoms with Gasteiger partial charge in [0.1, 0.15) is 0 Å². The summed E-state index contributed by atoms with van der Waals surface area (Å²) in [6.45, 7) is 6.40. The average Bonchev–Trinajstić information content (AvgIpc) is 3.33. The minimum atomic E-state index is -0.0496. The normalized spacial score (nSPS) is 16.1. The fraction of sp³-hybridized carbons (Fsp3) is 0.0536. The molecule has 2 aliphatic rings. The Labute approximate surface area is 351 Å². The molecule has 2 unspecified atom stereocenters. The first-order chi connectivity index (χ1) is 29.5. The molecule has 0 radical (unpaired) electrons. The summed E-state index contributed by atoms with van der Waals surface area (Å²) in [5, 5.41) is 4.91. The highest BCUT2D eigenvalue weighted by Gasteiger charge is 2.21. The molecule has 1 aliphatic heterocycles. The van der Waals surface area contributed by atoms with Crippen LogP contribution in [0.3, 0.4) is 0 Å². The Bertz CT molecular complexity index is 3000. The maximum atomic E-state index is 5.40. The molecule has 2 atom stereocenters. The van der Waals surface area contributed by atoms with Gasteiger partial charge >= 0.3 is 0 Å². The lowest BCUT2D eigenvalue weighted by Gasteiger charge is -2.26. The van der Waals surface area contributed by atoms with E-state index in [-0.39, 0.29) is 12.0 Å². The third kappa shape index (κ3) is 7.43. The van der Waals surface area contributed by atoms with Gasteiger partial charge < -0.3 is 5.32 Å². The van der Waals surface area contributed by atoms with Crippen molar-refractivity contribution in [3.05, 3.63) is 241 Å². The highest BCUT2D eigenvalue weighted by molar-refractivity contribution is 5.97. The minimum Gasteiger partial charge on any atom is -0.374 e. The van der Waals surface area contributed by atoms with Crippen molar-refractivity contribution < 1.29 is 0 Å². The first kappa shape index (κ1) is 36.6. The van der Waals surface area contributed by atoms with Gasteiger partial charge in [0.2, 0.25) is 0 Å². The van der Waals surface area contributed by atoms with Gasteiger partial charge in [0.05, 0.1) is 17.3 Å². The van der Waals surface area contributed by atoms with Gasteiger partial charge in [-0.15, -0.1) is 0 Å². The Morgan fingerprint density at radius 1 is 0.517 bits per heavy atom. The Morgan fingerprint density at radius 3 is 1.90 bits per heavy atom. The topological polar surface area (TPSA) is 50.7 Å². The summed E-state index contributed by atoms with van der Waals surface area (Å²) in [5.74, 6) is 0.934. The molecule has 0 saturated heterocycles. The Hall–Kier alpha value is -7.69. The summed E-state index contributed by atoms with van der Waals surface area (Å²) >= 11 is 0. The maximum Gasteiger partial charge on any atom is 0.160 e. The summed E-state index contributed by atoms with van der Waals surface area (Å²) < 4.78 is 0. The smallest absolute Gasteiger partial charge is 0.160 e. The van der Waals surface area contributed by atoms with Crippen LogP contribution in [0.4, 0.5) is 0 Å². The number of pyridine rings is 1. The average molecular weight is 771 g/mol. The zero-order valence-electron chi connectivity index (χ0n) is 33.3. The van der Waals surface area contributed by atoms with Crippen molar-refractivity contribution in [3.63, 3.8) is 0 Å². The van der Waals surface area contributed by atoms with Crippen molar-refractivity contribution in [2.45, 2.75) is 13.0 Å². The standard InChI is InChI=1S/C56H42N4/c1-37-20-21-44(29-38(37)2)45-26-27-52-51(33-45)55(43-17-10-5-11-18-43)60-56(59-52)50-31-47(46-19-12-28-57-36-46)30-49(32-50)54-35-48(34-53(58-54)42-15-8-4-9-16-42)41-24-22-40(23-25-41)39-13-6-3-7-14-39/h3-36,38,53,58H,1H2,2H3. The molecule has 1 aliphatic carbocycles. The SMILES string of the molecule is C=C1C=CC(c2ccc3nc(-c4cc(C5=CC(c6ccc(-c7ccccc7)cc6)=CC(c6ccccc6)N5)cc(-c5cccnc5)c4)nc(-c4ccccc4)c3c2)=CC1C. The van der Waals surface area contributed by atoms with Gasteiger partial charge in [-0.3, -0.25) is 4.98 Å². The molecule has 0 saturated carbocycles. The molecule has 60 heavy (non-hydrogen) atoms. The van der Waals surface area contributed by atoms with E-state index in [1.54, 1.807) is 0 Å². The molecule has 10 rings (SSSR count). The number of benzene rings is 6. The van der Waals surface area contributed by atoms with Gasteiger partial charge in [-0.1, -0.05) is 159 Å². The van der Waals surface area contributed by atoms with Crippen LogP contribution in [0.1, 0.15) is 35.2 Å². The van der Waals surface area contributed by atoms with Gasteiger partial charge in [-0.05, 0) is 110 Å². The van der Waals surface area contributed by atoms with E-state index in [2.05, 4.69) is 206 Å². The van der Waals surface area contributed by atoms with Crippen LogP contribution in [0.2, 0.25) is 0 Å². The van der Waals surface area contributed by atoms with E-state index in [0.29, 0.717) is 5.82 Å². The van der Waals surface area contributed by atoms with Gasteiger partial charge in [0.15, 0.2) is 5.82 Å². The van der Waals surface area contributed by atoms with E-state index in [1.165, 1.54) is 22.3 Å². The summed E-state index contributed by atoms with van der Waals surface area (Å²) in [6.07, 6.45) is 14.9. The van der Waals surface area contributed by atoms with Crippen molar-refractivity contribution in [3.8, 4) is 44.9 Å². The molecule has 0 amide bonds. The van der Waals surface area contributed by atoms with Gasteiger partial charge in [0.25, 0.3) is 0 Å². The van der Waals surface area contributed by atoms with E-state index < -0.39 is 0 Å². The third-order valence-electron chi connectivity index (χ3n) is 11.5. The van der Waals surface area contributed by atoms with E-state index in [4.69, 9.17) is 9.97 Å². The molecule has 0 fully saturated rings. The van der Waals surface area contributed by atoms with Crippen LogP contribution in [-0.2, 0) is 0 Å². The lowest BCUT2D eigenvalue weighted by atomic mass is 9.90. The van der Waals surface area contributed by atoms with Gasteiger partial charge in [-0.25, -0.2) is 9.97 Å². The van der Waals surface area contributed by atoms with Crippen LogP contribution in [0.15, 0.2) is 219 Å². The summed E-state index contributed by atoms with van der Waals surface area (Å²) in [4.78, 5) is 15.2. The number of rotatable bonds is 8. The number of dihydropyridines is 1. The second-order valence-corrected chi connectivity index (χ2v) is 15.5. The summed E-state index contributed by atoms with van der Waals surface area (Å²) in [5.41, 5.74) is 17.1. The number of nitrogens with zero attached hydrogens (tertiary/aromatic N) is 3. The van der Waals surface area contributed by atoms with E-state index in [1.807, 2.05) is 24.5 Å². The van der Waals surface area contributed by atoms with Crippen LogP contribution in [0.25, 0.3) is 72.6 Å². The molecule has 4 nitrogen and oxygen atoms in total. The van der Waals surface area contributed by atoms with Gasteiger partial charge in [0, 0.05) is 40.2 Å². The second-order valence-electron chi connectivity index (χ2n) is 15.5. The quantitative estimate of drug-likeness (QED) is 0.167. The van der Waals surface area contributed by atoms with Crippen LogP contribution < -0.4 is 5.32 Å². The lowest BCUT2D eigenvalue weighted by Crippen LogP contribution is -2.21. The number of nitrogens with one attached hydrogen (secondary N) is 1. The Balaban J connectivity index is 1.12. The fourth-order valence-corrected chi connectivity index (χ4v) is 8.14. The Morgan fingerprint density at radius 2 is 1.17 bits per heavy atom. The monoisotopic (exact) mass is 770 g/mol. The molecular weight excluding hydrogens is 729 g/mol. The van der Waals surface area contributed by atoms with Crippen molar-refractivity contribution in [2.24, 2.45) is 5.92 Å². The van der Waals surface area contributed by atoms with Crippen LogP contribution >= 0.6 is 0 Å². The number of allylic oxidation sites excluding steroid dienone is 7. The lowest BCUT2D eigenvalue weighted by molar-refractivity contribution is 0.767. The number of fused-ring (bicyclic) bond motifs is 1. The molecule has 2 aromatic heterocycles. The molecule has 8 aromatic rings. The predicted octanol–water partition coefficient (Wildman–Crippen LogP) is 13.6. The van der Waals surface area contributed by atoms with Crippen molar-refractivity contribution in [2.75, 3.05) is 0 Å². The van der Waals surface area contributed by atoms with Crippen molar-refractivity contribution in [1.29, 1.82) is 0 Å². The van der Waals surface area contributed by atoms with E-state index in [9.17, 15) is 0 Å². The third-order valence-corrected chi connectivity index (χ3v) is 11.5. The molecule has 286 valence electrons. The van der Waals surface area contributed by atoms with Crippen LogP contribution in [0.5, 0.6) is 0 Å². The van der Waals surface area contributed by atoms with Crippen LogP contribution in [-0.4, -0.2) is 15.0 Å². The molecular formula is C56H42N4. The van der Waals surface area contributed by atoms with Crippen LogP contribution in [0, 0.1) is 5.92 Å². The first-order valence-electron chi connectivity index (χ1n) is 20.5. The Kier molecular flexibility index (Phi) is 9.72. The number of aromatic nitrogens is 3. The first-order valence-corrected chi connectivity index (χ1v) is 20.5. The summed E-state index contributed by atoms with van der Waals surface area (Å²) in [7, 11) is 0. The molecule has 1 N–H and O–H groups in total. The molecule has 0 bridgehead atoms. The highest BCUT2D eigenvalue weighted by atomic mass is 14.9. The second kappa shape index (κ2) is 15.9. The fourth-order valence-electron chi connectivity index (χ4n) is 8.14. The minimum absolute atomic E-state index is 0.0496. The zero-order valence-corrected chi connectivity index (χ0v) is 33.3. The van der Waals surface area contributed by atoms with Crippen molar-refractivity contribution >= 4 is 27.7 Å². The zero-order chi connectivity index (χ0) is 40.4.